The molecule has 0 aromatic carbocycles. The number of rotatable bonds is 3. The highest BCUT2D eigenvalue weighted by molar-refractivity contribution is 7.83. The zero-order valence-corrected chi connectivity index (χ0v) is 5.43. The summed E-state index contributed by atoms with van der Waals surface area (Å²) in [4.78, 5) is 0. The molecule has 9 heavy (non-hydrogen) atoms. The summed E-state index contributed by atoms with van der Waals surface area (Å²) in [6.07, 6.45) is 0.216. The lowest BCUT2D eigenvalue weighted by Gasteiger charge is -2.03. The van der Waals surface area contributed by atoms with Gasteiger partial charge in [0.1, 0.15) is 0 Å². The van der Waals surface area contributed by atoms with Crippen molar-refractivity contribution in [3.05, 3.63) is 12.7 Å². The monoisotopic (exact) mass is 152 g/mol. The maximum Gasteiger partial charge on any atom is 0.334 e. The van der Waals surface area contributed by atoms with Crippen molar-refractivity contribution >= 4 is 10.3 Å². The van der Waals surface area contributed by atoms with E-state index in [2.05, 4.69) is 6.58 Å². The average molecular weight is 152 g/mol. The zero-order valence-electron chi connectivity index (χ0n) is 4.61. The summed E-state index contributed by atoms with van der Waals surface area (Å²) in [5.74, 6) is 0. The van der Waals surface area contributed by atoms with Crippen LogP contribution in [0.1, 0.15) is 0 Å². The van der Waals surface area contributed by atoms with E-state index >= 15 is 0 Å². The molecule has 5 nitrogen and oxygen atoms in total. The Morgan fingerprint density at radius 2 is 2.22 bits per heavy atom. The third kappa shape index (κ3) is 5.44. The second-order valence-electron chi connectivity index (χ2n) is 1.35. The first kappa shape index (κ1) is 8.57. The fraction of sp³-hybridized carbons (Fsp3) is 0.333. The molecular weight excluding hydrogens is 144 g/mol. The summed E-state index contributed by atoms with van der Waals surface area (Å²) in [7, 11) is -4.18. The van der Waals surface area contributed by atoms with Gasteiger partial charge in [-0.2, -0.15) is 13.1 Å². The predicted octanol–water partition coefficient (Wildman–Crippen LogP) is -1.15. The predicted molar refractivity (Wildman–Crippen MR) is 32.9 cm³/mol. The third-order valence-corrected chi connectivity index (χ3v) is 1.11. The van der Waals surface area contributed by atoms with Crippen LogP contribution >= 0.6 is 0 Å². The number of nitrogens with one attached hydrogen (secondary N) is 1. The lowest BCUT2D eigenvalue weighted by Crippen LogP contribution is -2.39. The Morgan fingerprint density at radius 1 is 1.78 bits per heavy atom. The quantitative estimate of drug-likeness (QED) is 0.270. The molecule has 1 atom stereocenters. The number of nitrogens with two attached hydrogens (primary N) is 1. The first-order valence-corrected chi connectivity index (χ1v) is 3.52. The highest BCUT2D eigenvalue weighted by Crippen LogP contribution is 1.76. The van der Waals surface area contributed by atoms with Gasteiger partial charge in [0, 0.05) is 0 Å². The SMILES string of the molecule is C=CC(N)NS(=O)(=O)O. The molecule has 4 N–H and O–H groups in total. The van der Waals surface area contributed by atoms with Gasteiger partial charge in [0.05, 0.1) is 6.17 Å². The molecule has 0 saturated carbocycles. The molecule has 6 heteroatoms. The topological polar surface area (TPSA) is 92.4 Å². The Kier molecular flexibility index (Phi) is 2.78. The summed E-state index contributed by atoms with van der Waals surface area (Å²) >= 11 is 0. The Labute approximate surface area is 53.4 Å². The van der Waals surface area contributed by atoms with Crippen LogP contribution in [0.5, 0.6) is 0 Å². The van der Waals surface area contributed by atoms with Crippen LogP contribution in [0.15, 0.2) is 12.7 Å². The van der Waals surface area contributed by atoms with Crippen molar-refractivity contribution in [3.63, 3.8) is 0 Å². The average Bonchev–Trinajstić information content (AvgIpc) is 1.62. The smallest absolute Gasteiger partial charge is 0.312 e. The van der Waals surface area contributed by atoms with Gasteiger partial charge in [0.25, 0.3) is 0 Å². The molecule has 0 saturated heterocycles. The Balaban J connectivity index is 3.89. The van der Waals surface area contributed by atoms with Crippen LogP contribution in [-0.2, 0) is 10.3 Å². The summed E-state index contributed by atoms with van der Waals surface area (Å²) < 4.78 is 29.5. The van der Waals surface area contributed by atoms with Crippen LogP contribution in [0.25, 0.3) is 0 Å². The molecule has 0 aromatic heterocycles. The van der Waals surface area contributed by atoms with Gasteiger partial charge < -0.3 is 5.73 Å². The Morgan fingerprint density at radius 3 is 2.33 bits per heavy atom. The van der Waals surface area contributed by atoms with Crippen LogP contribution in [0, 0.1) is 0 Å². The molecule has 0 fully saturated rings. The molecule has 0 spiro atoms. The minimum atomic E-state index is -4.18. The molecule has 0 aliphatic rings. The zero-order chi connectivity index (χ0) is 7.49. The summed E-state index contributed by atoms with van der Waals surface area (Å²) in [6.45, 7) is 3.18. The van der Waals surface area contributed by atoms with Crippen LogP contribution in [-0.4, -0.2) is 19.1 Å². The lowest BCUT2D eigenvalue weighted by atomic mass is 10.5. The van der Waals surface area contributed by atoms with E-state index in [1.54, 1.807) is 4.72 Å². The highest BCUT2D eigenvalue weighted by atomic mass is 32.2. The van der Waals surface area contributed by atoms with Gasteiger partial charge in [-0.1, -0.05) is 6.08 Å². The van der Waals surface area contributed by atoms with E-state index in [1.807, 2.05) is 0 Å². The van der Waals surface area contributed by atoms with Crippen molar-refractivity contribution in [2.75, 3.05) is 0 Å². The van der Waals surface area contributed by atoms with Crippen LogP contribution in [0.2, 0.25) is 0 Å². The van der Waals surface area contributed by atoms with Crippen LogP contribution in [0.4, 0.5) is 0 Å². The maximum atomic E-state index is 9.92. The van der Waals surface area contributed by atoms with E-state index in [1.165, 1.54) is 0 Å². The van der Waals surface area contributed by atoms with Crippen molar-refractivity contribution in [1.29, 1.82) is 0 Å². The van der Waals surface area contributed by atoms with Gasteiger partial charge in [-0.15, -0.1) is 6.58 Å². The maximum absolute atomic E-state index is 9.92. The van der Waals surface area contributed by atoms with E-state index in [0.29, 0.717) is 0 Å². The van der Waals surface area contributed by atoms with Gasteiger partial charge >= 0.3 is 10.3 Å². The molecule has 0 aliphatic carbocycles. The molecule has 0 radical (unpaired) electrons. The molecular formula is C3H8N2O3S. The lowest BCUT2D eigenvalue weighted by molar-refractivity contribution is 0.462. The van der Waals surface area contributed by atoms with Gasteiger partial charge in [-0.3, -0.25) is 4.55 Å². The minimum Gasteiger partial charge on any atom is -0.312 e. The van der Waals surface area contributed by atoms with Crippen molar-refractivity contribution < 1.29 is 13.0 Å². The number of hydrogen-bond donors (Lipinski definition) is 3. The van der Waals surface area contributed by atoms with Gasteiger partial charge in [0.2, 0.25) is 0 Å². The van der Waals surface area contributed by atoms with E-state index in [4.69, 9.17) is 10.3 Å². The Bertz CT molecular complexity index is 185. The molecule has 0 aromatic rings. The fourth-order valence-electron chi connectivity index (χ4n) is 0.220. The van der Waals surface area contributed by atoms with Gasteiger partial charge in [-0.05, 0) is 0 Å². The largest absolute Gasteiger partial charge is 0.334 e. The van der Waals surface area contributed by atoms with Gasteiger partial charge in [0.15, 0.2) is 0 Å². The second kappa shape index (κ2) is 2.92. The molecule has 0 amide bonds. The normalized spacial score (nSPS) is 14.9. The van der Waals surface area contributed by atoms with E-state index in [0.717, 1.165) is 6.08 Å². The van der Waals surface area contributed by atoms with Crippen LogP contribution in [0.3, 0.4) is 0 Å². The van der Waals surface area contributed by atoms with Crippen molar-refractivity contribution in [3.8, 4) is 0 Å². The van der Waals surface area contributed by atoms with E-state index in [-0.39, 0.29) is 0 Å². The number of hydrogen-bond acceptors (Lipinski definition) is 3. The summed E-state index contributed by atoms with van der Waals surface area (Å²) in [5, 5.41) is 0. The molecule has 0 heterocycles. The standard InChI is InChI=1S/C3H8N2O3S/c1-2-3(4)5-9(6,7)8/h2-3,5H,1,4H2,(H,6,7,8). The second-order valence-corrected chi connectivity index (χ2v) is 2.54. The van der Waals surface area contributed by atoms with Crippen molar-refractivity contribution in [2.45, 2.75) is 6.17 Å². The first-order valence-electron chi connectivity index (χ1n) is 2.08. The highest BCUT2D eigenvalue weighted by Gasteiger charge is 2.05. The molecule has 0 bridgehead atoms. The van der Waals surface area contributed by atoms with Crippen molar-refractivity contribution in [1.82, 2.24) is 4.72 Å². The Hall–Kier alpha value is -0.430. The van der Waals surface area contributed by atoms with Crippen LogP contribution < -0.4 is 10.5 Å². The molecule has 54 valence electrons. The molecule has 0 aliphatic heterocycles. The summed E-state index contributed by atoms with van der Waals surface area (Å²) in [6, 6.07) is 0. The van der Waals surface area contributed by atoms with E-state index in [9.17, 15) is 8.42 Å². The molecule has 1 unspecified atom stereocenters. The van der Waals surface area contributed by atoms with E-state index < -0.39 is 16.5 Å². The molecule has 0 rings (SSSR count). The van der Waals surface area contributed by atoms with Crippen molar-refractivity contribution in [2.24, 2.45) is 5.73 Å². The first-order chi connectivity index (χ1) is 3.95. The van der Waals surface area contributed by atoms with Gasteiger partial charge in [-0.25, -0.2) is 0 Å². The third-order valence-electron chi connectivity index (χ3n) is 0.539. The minimum absolute atomic E-state index is 0.931. The summed E-state index contributed by atoms with van der Waals surface area (Å²) in [5.41, 5.74) is 4.99. The fourth-order valence-corrected chi connectivity index (χ4v) is 0.660.